The van der Waals surface area contributed by atoms with Crippen molar-refractivity contribution < 1.29 is 14.3 Å². The second kappa shape index (κ2) is 9.88. The number of hydrogen-bond acceptors (Lipinski definition) is 3. The molecule has 0 aromatic heterocycles. The molecule has 32 heavy (non-hydrogen) atoms. The van der Waals surface area contributed by atoms with Crippen LogP contribution in [0.25, 0.3) is 0 Å². The Balaban J connectivity index is 1.60. The van der Waals surface area contributed by atoms with E-state index in [1.165, 1.54) is 0 Å². The summed E-state index contributed by atoms with van der Waals surface area (Å²) in [5.74, 6) is 0.557. The molecule has 0 bridgehead atoms. The lowest BCUT2D eigenvalue weighted by Crippen LogP contribution is -2.55. The third-order valence-electron chi connectivity index (χ3n) is 5.71. The van der Waals surface area contributed by atoms with Gasteiger partial charge in [0, 0.05) is 18.1 Å². The Morgan fingerprint density at radius 1 is 0.906 bits per heavy atom. The molecular weight excluding hydrogens is 424 g/mol. The van der Waals surface area contributed by atoms with Crippen LogP contribution in [0.5, 0.6) is 5.75 Å². The second-order valence-corrected chi connectivity index (χ2v) is 8.26. The van der Waals surface area contributed by atoms with Crippen molar-refractivity contribution in [2.45, 2.75) is 19.0 Å². The Morgan fingerprint density at radius 2 is 1.59 bits per heavy atom. The lowest BCUT2D eigenvalue weighted by Gasteiger charge is -2.40. The standard InChI is InChI=1S/C26H25ClN2O3/c1-32-23-13-9-21(10-14-23)25-26(31)28(16-15-19-5-3-2-4-6-19)18-24(30)29(25)17-20-7-11-22(27)12-8-20/h2-14,25H,15-18H2,1H3. The van der Waals surface area contributed by atoms with Crippen LogP contribution in [0.4, 0.5) is 0 Å². The molecule has 3 aromatic carbocycles. The maximum Gasteiger partial charge on any atom is 0.250 e. The maximum absolute atomic E-state index is 13.6. The minimum absolute atomic E-state index is 0.0698. The summed E-state index contributed by atoms with van der Waals surface area (Å²) in [6.07, 6.45) is 0.701. The Kier molecular flexibility index (Phi) is 6.76. The largest absolute Gasteiger partial charge is 0.497 e. The molecule has 1 saturated heterocycles. The normalized spacial score (nSPS) is 16.4. The molecular formula is C26H25ClN2O3. The fourth-order valence-electron chi connectivity index (χ4n) is 3.95. The summed E-state index contributed by atoms with van der Waals surface area (Å²) in [4.78, 5) is 30.1. The van der Waals surface area contributed by atoms with Crippen LogP contribution < -0.4 is 4.74 Å². The third-order valence-corrected chi connectivity index (χ3v) is 5.97. The van der Waals surface area contributed by atoms with Gasteiger partial charge in [-0.25, -0.2) is 0 Å². The van der Waals surface area contributed by atoms with Crippen LogP contribution in [-0.2, 0) is 22.6 Å². The van der Waals surface area contributed by atoms with Crippen LogP contribution in [0.1, 0.15) is 22.7 Å². The molecule has 1 atom stereocenters. The van der Waals surface area contributed by atoms with Crippen LogP contribution in [0.15, 0.2) is 78.9 Å². The van der Waals surface area contributed by atoms with Crippen LogP contribution in [0.2, 0.25) is 5.02 Å². The average molecular weight is 449 g/mol. The van der Waals surface area contributed by atoms with Crippen molar-refractivity contribution in [3.05, 3.63) is 101 Å². The number of amides is 2. The lowest BCUT2D eigenvalue weighted by atomic mass is 9.99. The number of benzene rings is 3. The molecule has 3 aromatic rings. The highest BCUT2D eigenvalue weighted by atomic mass is 35.5. The number of hydrogen-bond donors (Lipinski definition) is 0. The number of carbonyl (C=O) groups excluding carboxylic acids is 2. The molecule has 0 aliphatic carbocycles. The van der Waals surface area contributed by atoms with E-state index in [9.17, 15) is 9.59 Å². The average Bonchev–Trinajstić information content (AvgIpc) is 2.82. The zero-order valence-electron chi connectivity index (χ0n) is 17.9. The molecule has 0 N–H and O–H groups in total. The zero-order chi connectivity index (χ0) is 22.5. The third kappa shape index (κ3) is 4.94. The van der Waals surface area contributed by atoms with Crippen molar-refractivity contribution in [2.75, 3.05) is 20.2 Å². The molecule has 0 saturated carbocycles. The number of ether oxygens (including phenoxy) is 1. The highest BCUT2D eigenvalue weighted by Crippen LogP contribution is 2.30. The second-order valence-electron chi connectivity index (χ2n) is 7.82. The SMILES string of the molecule is COc1ccc(C2C(=O)N(CCc3ccccc3)CC(=O)N2Cc2ccc(Cl)cc2)cc1. The number of nitrogens with zero attached hydrogens (tertiary/aromatic N) is 2. The molecule has 5 nitrogen and oxygen atoms in total. The molecule has 0 radical (unpaired) electrons. The topological polar surface area (TPSA) is 49.9 Å². The smallest absolute Gasteiger partial charge is 0.250 e. The van der Waals surface area contributed by atoms with Crippen LogP contribution in [-0.4, -0.2) is 41.8 Å². The Labute approximate surface area is 193 Å². The first kappa shape index (κ1) is 21.9. The van der Waals surface area contributed by atoms with Crippen molar-refractivity contribution in [3.63, 3.8) is 0 Å². The fourth-order valence-corrected chi connectivity index (χ4v) is 4.08. The molecule has 1 aliphatic heterocycles. The first-order chi connectivity index (χ1) is 15.5. The van der Waals surface area contributed by atoms with Crippen LogP contribution in [0.3, 0.4) is 0 Å². The zero-order valence-corrected chi connectivity index (χ0v) is 18.7. The van der Waals surface area contributed by atoms with Crippen molar-refractivity contribution in [3.8, 4) is 5.75 Å². The fraction of sp³-hybridized carbons (Fsp3) is 0.231. The molecule has 0 spiro atoms. The van der Waals surface area contributed by atoms with Gasteiger partial charge in [-0.05, 0) is 47.4 Å². The molecule has 1 fully saturated rings. The predicted octanol–water partition coefficient (Wildman–Crippen LogP) is 4.50. The van der Waals surface area contributed by atoms with Crippen molar-refractivity contribution in [1.29, 1.82) is 0 Å². The monoisotopic (exact) mass is 448 g/mol. The highest BCUT2D eigenvalue weighted by Gasteiger charge is 2.40. The van der Waals surface area contributed by atoms with E-state index in [2.05, 4.69) is 0 Å². The van der Waals surface area contributed by atoms with Gasteiger partial charge in [0.1, 0.15) is 11.8 Å². The van der Waals surface area contributed by atoms with E-state index in [-0.39, 0.29) is 18.4 Å². The number of carbonyl (C=O) groups is 2. The van der Waals surface area contributed by atoms with Gasteiger partial charge in [-0.3, -0.25) is 9.59 Å². The lowest BCUT2D eigenvalue weighted by molar-refractivity contribution is -0.157. The summed E-state index contributed by atoms with van der Waals surface area (Å²) in [5, 5.41) is 0.633. The first-order valence-electron chi connectivity index (χ1n) is 10.6. The summed E-state index contributed by atoms with van der Waals surface area (Å²) >= 11 is 6.01. The van der Waals surface area contributed by atoms with Gasteiger partial charge in [-0.1, -0.05) is 66.2 Å². The molecule has 1 aliphatic rings. The Morgan fingerprint density at radius 3 is 2.25 bits per heavy atom. The Hall–Kier alpha value is -3.31. The summed E-state index contributed by atoms with van der Waals surface area (Å²) in [6.45, 7) is 0.910. The van der Waals surface area contributed by atoms with Gasteiger partial charge in [-0.2, -0.15) is 0 Å². The molecule has 164 valence electrons. The maximum atomic E-state index is 13.6. The molecule has 2 amide bonds. The van der Waals surface area contributed by atoms with Gasteiger partial charge >= 0.3 is 0 Å². The van der Waals surface area contributed by atoms with Crippen LogP contribution in [0, 0.1) is 0 Å². The van der Waals surface area contributed by atoms with Gasteiger partial charge < -0.3 is 14.5 Å². The predicted molar refractivity (Wildman–Crippen MR) is 124 cm³/mol. The number of piperazine rings is 1. The van der Waals surface area contributed by atoms with E-state index in [4.69, 9.17) is 16.3 Å². The summed E-state index contributed by atoms with van der Waals surface area (Å²) < 4.78 is 5.26. The molecule has 1 heterocycles. The van der Waals surface area contributed by atoms with E-state index in [0.29, 0.717) is 30.3 Å². The molecule has 4 rings (SSSR count). The van der Waals surface area contributed by atoms with Gasteiger partial charge in [0.2, 0.25) is 5.91 Å². The summed E-state index contributed by atoms with van der Waals surface area (Å²) in [7, 11) is 1.60. The van der Waals surface area contributed by atoms with E-state index < -0.39 is 6.04 Å². The molecule has 1 unspecified atom stereocenters. The summed E-state index contributed by atoms with van der Waals surface area (Å²) in [5.41, 5.74) is 2.83. The van der Waals surface area contributed by atoms with Crippen molar-refractivity contribution in [1.82, 2.24) is 9.80 Å². The van der Waals surface area contributed by atoms with E-state index in [0.717, 1.165) is 16.7 Å². The number of halogens is 1. The van der Waals surface area contributed by atoms with Gasteiger partial charge in [-0.15, -0.1) is 0 Å². The molecule has 6 heteroatoms. The van der Waals surface area contributed by atoms with E-state index in [1.54, 1.807) is 29.0 Å². The van der Waals surface area contributed by atoms with Crippen LogP contribution >= 0.6 is 11.6 Å². The minimum Gasteiger partial charge on any atom is -0.497 e. The number of methoxy groups -OCH3 is 1. The first-order valence-corrected chi connectivity index (χ1v) is 10.9. The number of rotatable bonds is 7. The highest BCUT2D eigenvalue weighted by molar-refractivity contribution is 6.30. The van der Waals surface area contributed by atoms with Crippen molar-refractivity contribution >= 4 is 23.4 Å². The van der Waals surface area contributed by atoms with E-state index >= 15 is 0 Å². The Bertz CT molecular complexity index is 1070. The van der Waals surface area contributed by atoms with Crippen molar-refractivity contribution in [2.24, 2.45) is 0 Å². The summed E-state index contributed by atoms with van der Waals surface area (Å²) in [6, 6.07) is 24.0. The van der Waals surface area contributed by atoms with E-state index in [1.807, 2.05) is 66.7 Å². The quantitative estimate of drug-likeness (QED) is 0.534. The van der Waals surface area contributed by atoms with Gasteiger partial charge in [0.15, 0.2) is 0 Å². The van der Waals surface area contributed by atoms with Gasteiger partial charge in [0.25, 0.3) is 5.91 Å². The minimum atomic E-state index is -0.686. The van der Waals surface area contributed by atoms with Gasteiger partial charge in [0.05, 0.1) is 13.7 Å².